The lowest BCUT2D eigenvalue weighted by Crippen LogP contribution is -2.33. The van der Waals surface area contributed by atoms with Gasteiger partial charge < -0.3 is 14.8 Å². The molecule has 2 aromatic rings. The van der Waals surface area contributed by atoms with E-state index in [4.69, 9.17) is 9.47 Å². The molecule has 1 amide bonds. The number of amides is 1. The Bertz CT molecular complexity index is 696. The number of rotatable bonds is 8. The van der Waals surface area contributed by atoms with Crippen LogP contribution in [0.1, 0.15) is 24.3 Å². The van der Waals surface area contributed by atoms with Crippen LogP contribution in [0.2, 0.25) is 0 Å². The molecule has 25 heavy (non-hydrogen) atoms. The maximum atomic E-state index is 13.1. The third-order valence-corrected chi connectivity index (χ3v) is 4.33. The molecule has 1 fully saturated rings. The van der Waals surface area contributed by atoms with Gasteiger partial charge in [-0.1, -0.05) is 12.1 Å². The zero-order chi connectivity index (χ0) is 17.6. The monoisotopic (exact) mass is 343 g/mol. The molecular weight excluding hydrogens is 321 g/mol. The normalized spacial score (nSPS) is 14.6. The van der Waals surface area contributed by atoms with Crippen molar-refractivity contribution >= 4 is 5.91 Å². The first-order chi connectivity index (χ1) is 12.2. The molecule has 4 nitrogen and oxygen atoms in total. The number of ether oxygens (including phenoxy) is 2. The van der Waals surface area contributed by atoms with Crippen molar-refractivity contribution in [2.45, 2.75) is 18.8 Å². The molecule has 0 bridgehead atoms. The smallest absolute Gasteiger partial charge is 0.227 e. The lowest BCUT2D eigenvalue weighted by atomic mass is 9.93. The molecule has 0 aliphatic heterocycles. The first kappa shape index (κ1) is 17.3. The van der Waals surface area contributed by atoms with Crippen LogP contribution in [0.4, 0.5) is 4.39 Å². The third-order valence-electron chi connectivity index (χ3n) is 4.33. The van der Waals surface area contributed by atoms with Gasteiger partial charge in [0.25, 0.3) is 0 Å². The zero-order valence-corrected chi connectivity index (χ0v) is 14.2. The van der Waals surface area contributed by atoms with Crippen LogP contribution in [0.5, 0.6) is 11.5 Å². The second-order valence-corrected chi connectivity index (χ2v) is 6.18. The van der Waals surface area contributed by atoms with Gasteiger partial charge in [0.15, 0.2) is 0 Å². The molecule has 0 aromatic heterocycles. The molecule has 0 spiro atoms. The van der Waals surface area contributed by atoms with Crippen molar-refractivity contribution in [1.29, 1.82) is 0 Å². The Morgan fingerprint density at radius 1 is 1.12 bits per heavy atom. The summed E-state index contributed by atoms with van der Waals surface area (Å²) in [5, 5.41) is 2.93. The van der Waals surface area contributed by atoms with E-state index in [1.54, 1.807) is 19.2 Å². The van der Waals surface area contributed by atoms with Crippen molar-refractivity contribution in [3.05, 3.63) is 59.9 Å². The molecule has 1 aliphatic rings. The van der Waals surface area contributed by atoms with Gasteiger partial charge in [0.1, 0.15) is 23.9 Å². The van der Waals surface area contributed by atoms with Crippen LogP contribution < -0.4 is 14.8 Å². The standard InChI is InChI=1S/C20H22FNO3/c1-24-17-8-10-18(11-9-17)25-13-12-22-20(23)19(14-2-3-14)15-4-6-16(21)7-5-15/h4-11,14,19H,2-3,12-13H2,1H3,(H,22,23). The Hall–Kier alpha value is -2.56. The van der Waals surface area contributed by atoms with Gasteiger partial charge in [-0.05, 0) is 60.7 Å². The molecule has 0 heterocycles. The van der Waals surface area contributed by atoms with E-state index in [1.807, 2.05) is 24.3 Å². The molecule has 0 saturated heterocycles. The van der Waals surface area contributed by atoms with Crippen LogP contribution in [-0.2, 0) is 4.79 Å². The summed E-state index contributed by atoms with van der Waals surface area (Å²) in [6.45, 7) is 0.814. The Labute approximate surface area is 147 Å². The highest BCUT2D eigenvalue weighted by atomic mass is 19.1. The number of halogens is 1. The van der Waals surface area contributed by atoms with Gasteiger partial charge >= 0.3 is 0 Å². The predicted molar refractivity (Wildman–Crippen MR) is 93.4 cm³/mol. The number of benzene rings is 2. The van der Waals surface area contributed by atoms with Gasteiger partial charge in [-0.2, -0.15) is 0 Å². The Morgan fingerprint density at radius 3 is 2.36 bits per heavy atom. The third kappa shape index (κ3) is 4.72. The van der Waals surface area contributed by atoms with Gasteiger partial charge in [0, 0.05) is 0 Å². The van der Waals surface area contributed by atoms with E-state index in [-0.39, 0.29) is 17.6 Å². The molecule has 1 saturated carbocycles. The molecule has 1 atom stereocenters. The van der Waals surface area contributed by atoms with Gasteiger partial charge in [-0.3, -0.25) is 4.79 Å². The van der Waals surface area contributed by atoms with E-state index in [0.717, 1.165) is 29.9 Å². The van der Waals surface area contributed by atoms with Gasteiger partial charge in [-0.25, -0.2) is 4.39 Å². The second-order valence-electron chi connectivity index (χ2n) is 6.18. The van der Waals surface area contributed by atoms with E-state index in [2.05, 4.69) is 5.32 Å². The largest absolute Gasteiger partial charge is 0.497 e. The van der Waals surface area contributed by atoms with Crippen molar-refractivity contribution in [3.63, 3.8) is 0 Å². The minimum Gasteiger partial charge on any atom is -0.497 e. The number of hydrogen-bond donors (Lipinski definition) is 1. The average Bonchev–Trinajstić information content (AvgIpc) is 3.46. The molecular formula is C20H22FNO3. The quantitative estimate of drug-likeness (QED) is 0.746. The lowest BCUT2D eigenvalue weighted by Gasteiger charge is -2.17. The first-order valence-electron chi connectivity index (χ1n) is 8.47. The van der Waals surface area contributed by atoms with Crippen molar-refractivity contribution in [2.24, 2.45) is 5.92 Å². The number of carbonyl (C=O) groups excluding carboxylic acids is 1. The van der Waals surface area contributed by atoms with Crippen molar-refractivity contribution in [1.82, 2.24) is 5.32 Å². The van der Waals surface area contributed by atoms with Crippen LogP contribution in [0.25, 0.3) is 0 Å². The summed E-state index contributed by atoms with van der Waals surface area (Å²) in [5.41, 5.74) is 0.873. The summed E-state index contributed by atoms with van der Waals surface area (Å²) in [6.07, 6.45) is 2.08. The fourth-order valence-corrected chi connectivity index (χ4v) is 2.86. The maximum absolute atomic E-state index is 13.1. The fraction of sp³-hybridized carbons (Fsp3) is 0.350. The van der Waals surface area contributed by atoms with Gasteiger partial charge in [0.05, 0.1) is 19.6 Å². The molecule has 1 aliphatic carbocycles. The lowest BCUT2D eigenvalue weighted by molar-refractivity contribution is -0.123. The van der Waals surface area contributed by atoms with Crippen molar-refractivity contribution in [2.75, 3.05) is 20.3 Å². The summed E-state index contributed by atoms with van der Waals surface area (Å²) in [7, 11) is 1.61. The van der Waals surface area contributed by atoms with E-state index >= 15 is 0 Å². The van der Waals surface area contributed by atoms with Crippen LogP contribution in [0, 0.1) is 11.7 Å². The van der Waals surface area contributed by atoms with Crippen LogP contribution >= 0.6 is 0 Å². The highest BCUT2D eigenvalue weighted by Crippen LogP contribution is 2.42. The summed E-state index contributed by atoms with van der Waals surface area (Å²) in [4.78, 5) is 12.5. The second kappa shape index (κ2) is 8.01. The van der Waals surface area contributed by atoms with E-state index in [0.29, 0.717) is 19.1 Å². The number of carbonyl (C=O) groups is 1. The minimum atomic E-state index is -0.286. The Balaban J connectivity index is 1.49. The van der Waals surface area contributed by atoms with E-state index < -0.39 is 0 Å². The van der Waals surface area contributed by atoms with Crippen molar-refractivity contribution < 1.29 is 18.7 Å². The first-order valence-corrected chi connectivity index (χ1v) is 8.47. The molecule has 2 aromatic carbocycles. The number of nitrogens with one attached hydrogen (secondary N) is 1. The summed E-state index contributed by atoms with van der Waals surface area (Å²) >= 11 is 0. The fourth-order valence-electron chi connectivity index (χ4n) is 2.86. The van der Waals surface area contributed by atoms with E-state index in [9.17, 15) is 9.18 Å². The van der Waals surface area contributed by atoms with Crippen LogP contribution in [0.15, 0.2) is 48.5 Å². The number of hydrogen-bond acceptors (Lipinski definition) is 3. The molecule has 5 heteroatoms. The van der Waals surface area contributed by atoms with E-state index in [1.165, 1.54) is 12.1 Å². The number of methoxy groups -OCH3 is 1. The molecule has 132 valence electrons. The maximum Gasteiger partial charge on any atom is 0.227 e. The Kier molecular flexibility index (Phi) is 5.53. The SMILES string of the molecule is COc1ccc(OCCNC(=O)C(c2ccc(F)cc2)C2CC2)cc1. The van der Waals surface area contributed by atoms with Crippen LogP contribution in [-0.4, -0.2) is 26.2 Å². The zero-order valence-electron chi connectivity index (χ0n) is 14.2. The highest BCUT2D eigenvalue weighted by Gasteiger charge is 2.37. The van der Waals surface area contributed by atoms with Crippen molar-refractivity contribution in [3.8, 4) is 11.5 Å². The Morgan fingerprint density at radius 2 is 1.76 bits per heavy atom. The highest BCUT2D eigenvalue weighted by molar-refractivity contribution is 5.84. The topological polar surface area (TPSA) is 47.6 Å². The predicted octanol–water partition coefficient (Wildman–Crippen LogP) is 3.52. The molecule has 0 radical (unpaired) electrons. The van der Waals surface area contributed by atoms with Gasteiger partial charge in [-0.15, -0.1) is 0 Å². The summed E-state index contributed by atoms with van der Waals surface area (Å²) in [5.74, 6) is 1.34. The summed E-state index contributed by atoms with van der Waals surface area (Å²) in [6, 6.07) is 13.5. The van der Waals surface area contributed by atoms with Crippen LogP contribution in [0.3, 0.4) is 0 Å². The molecule has 1 unspecified atom stereocenters. The molecule has 1 N–H and O–H groups in total. The van der Waals surface area contributed by atoms with Gasteiger partial charge in [0.2, 0.25) is 5.91 Å². The average molecular weight is 343 g/mol. The molecule has 3 rings (SSSR count). The minimum absolute atomic E-state index is 0.0209. The summed E-state index contributed by atoms with van der Waals surface area (Å²) < 4.78 is 23.8.